The Bertz CT molecular complexity index is 584. The van der Waals surface area contributed by atoms with E-state index in [0.29, 0.717) is 18.9 Å². The number of hydrogen-bond donors (Lipinski definition) is 0. The number of carbonyl (C=O) groups is 1. The van der Waals surface area contributed by atoms with Gasteiger partial charge in [0, 0.05) is 23.4 Å². The molecule has 1 atom stereocenters. The second kappa shape index (κ2) is 5.40. The largest absolute Gasteiger partial charge is 0.361 e. The number of amides is 1. The summed E-state index contributed by atoms with van der Waals surface area (Å²) >= 11 is 1.73. The highest BCUT2D eigenvalue weighted by molar-refractivity contribution is 7.10. The molecule has 3 heterocycles. The van der Waals surface area contributed by atoms with E-state index in [0.717, 1.165) is 30.0 Å². The molecule has 0 aliphatic carbocycles. The molecule has 1 fully saturated rings. The summed E-state index contributed by atoms with van der Waals surface area (Å²) < 4.78 is 5.14. The van der Waals surface area contributed by atoms with Gasteiger partial charge in [-0.25, -0.2) is 0 Å². The van der Waals surface area contributed by atoms with E-state index in [4.69, 9.17) is 4.52 Å². The van der Waals surface area contributed by atoms with Gasteiger partial charge in [0.1, 0.15) is 5.76 Å². The predicted octanol–water partition coefficient (Wildman–Crippen LogP) is 3.26. The fourth-order valence-corrected chi connectivity index (χ4v) is 3.57. The molecule has 1 aliphatic rings. The number of hydrogen-bond acceptors (Lipinski definition) is 4. The number of nitrogens with zero attached hydrogens (tertiary/aromatic N) is 2. The van der Waals surface area contributed by atoms with Crippen LogP contribution in [-0.4, -0.2) is 22.5 Å². The van der Waals surface area contributed by atoms with E-state index in [2.05, 4.69) is 16.6 Å². The van der Waals surface area contributed by atoms with Crippen molar-refractivity contribution in [1.82, 2.24) is 10.1 Å². The maximum atomic E-state index is 12.3. The highest BCUT2D eigenvalue weighted by Crippen LogP contribution is 2.36. The van der Waals surface area contributed by atoms with Crippen molar-refractivity contribution in [3.8, 4) is 0 Å². The van der Waals surface area contributed by atoms with Crippen molar-refractivity contribution in [3.63, 3.8) is 0 Å². The van der Waals surface area contributed by atoms with E-state index in [1.165, 1.54) is 4.88 Å². The normalized spacial score (nSPS) is 18.1. The first kappa shape index (κ1) is 13.4. The van der Waals surface area contributed by atoms with Gasteiger partial charge in [-0.1, -0.05) is 11.2 Å². The molecule has 2 aromatic rings. The molecule has 5 heteroatoms. The highest BCUT2D eigenvalue weighted by atomic mass is 32.1. The topological polar surface area (TPSA) is 46.3 Å². The van der Waals surface area contributed by atoms with Gasteiger partial charge in [0.25, 0.3) is 0 Å². The summed E-state index contributed by atoms with van der Waals surface area (Å²) in [6.07, 6.45) is 2.33. The Hall–Kier alpha value is -1.62. The maximum Gasteiger partial charge on any atom is 0.223 e. The van der Waals surface area contributed by atoms with Crippen LogP contribution in [0.25, 0.3) is 0 Å². The zero-order chi connectivity index (χ0) is 14.1. The Balaban J connectivity index is 1.60. The third-order valence-corrected chi connectivity index (χ3v) is 4.96. The van der Waals surface area contributed by atoms with E-state index in [1.807, 2.05) is 24.8 Å². The smallest absolute Gasteiger partial charge is 0.223 e. The molecule has 1 unspecified atom stereocenters. The third-order valence-electron chi connectivity index (χ3n) is 3.98. The van der Waals surface area contributed by atoms with Gasteiger partial charge in [0.2, 0.25) is 5.91 Å². The average Bonchev–Trinajstić information content (AvgIpc) is 2.98. The zero-order valence-corrected chi connectivity index (χ0v) is 12.6. The van der Waals surface area contributed by atoms with Crippen LogP contribution in [0.2, 0.25) is 0 Å². The summed E-state index contributed by atoms with van der Waals surface area (Å²) in [4.78, 5) is 15.6. The van der Waals surface area contributed by atoms with Crippen molar-refractivity contribution in [3.05, 3.63) is 39.4 Å². The first-order chi connectivity index (χ1) is 9.66. The molecule has 0 radical (unpaired) electrons. The Morgan fingerprint density at radius 2 is 2.40 bits per heavy atom. The van der Waals surface area contributed by atoms with E-state index >= 15 is 0 Å². The Morgan fingerprint density at radius 3 is 2.95 bits per heavy atom. The number of aryl methyl sites for hydroxylation is 2. The van der Waals surface area contributed by atoms with Crippen LogP contribution in [-0.2, 0) is 11.2 Å². The van der Waals surface area contributed by atoms with Crippen LogP contribution in [0.3, 0.4) is 0 Å². The second-order valence-corrected chi connectivity index (χ2v) is 6.19. The van der Waals surface area contributed by atoms with Crippen LogP contribution in [0.1, 0.15) is 40.8 Å². The average molecular weight is 290 g/mol. The monoisotopic (exact) mass is 290 g/mol. The molecule has 106 valence electrons. The molecule has 0 saturated carbocycles. The molecule has 1 aliphatic heterocycles. The Labute approximate surface area is 122 Å². The molecule has 0 bridgehead atoms. The van der Waals surface area contributed by atoms with Crippen LogP contribution in [0.15, 0.2) is 22.0 Å². The molecule has 0 N–H and O–H groups in total. The number of carbonyl (C=O) groups excluding carboxylic acids is 1. The summed E-state index contributed by atoms with van der Waals surface area (Å²) in [7, 11) is 0. The highest BCUT2D eigenvalue weighted by Gasteiger charge is 2.33. The van der Waals surface area contributed by atoms with Crippen LogP contribution in [0, 0.1) is 13.8 Å². The van der Waals surface area contributed by atoms with E-state index in [-0.39, 0.29) is 5.91 Å². The lowest BCUT2D eigenvalue weighted by Gasteiger charge is -2.40. The summed E-state index contributed by atoms with van der Waals surface area (Å²) in [5.41, 5.74) is 1.97. The second-order valence-electron chi connectivity index (χ2n) is 5.21. The fraction of sp³-hybridized carbons (Fsp3) is 0.467. The van der Waals surface area contributed by atoms with Crippen molar-refractivity contribution >= 4 is 17.2 Å². The van der Waals surface area contributed by atoms with Crippen LogP contribution < -0.4 is 0 Å². The van der Waals surface area contributed by atoms with Gasteiger partial charge in [-0.05, 0) is 38.1 Å². The molecule has 4 nitrogen and oxygen atoms in total. The number of likely N-dealkylation sites (tertiary alicyclic amines) is 1. The quantitative estimate of drug-likeness (QED) is 0.868. The summed E-state index contributed by atoms with van der Waals surface area (Å²) in [6.45, 7) is 4.70. The molecule has 3 rings (SSSR count). The van der Waals surface area contributed by atoms with Gasteiger partial charge in [-0.15, -0.1) is 11.3 Å². The molecular weight excluding hydrogens is 272 g/mol. The predicted molar refractivity (Wildman–Crippen MR) is 77.7 cm³/mol. The van der Waals surface area contributed by atoms with Crippen LogP contribution in [0.4, 0.5) is 0 Å². The molecule has 20 heavy (non-hydrogen) atoms. The lowest BCUT2D eigenvalue weighted by atomic mass is 9.99. The van der Waals surface area contributed by atoms with Crippen molar-refractivity contribution in [1.29, 1.82) is 0 Å². The van der Waals surface area contributed by atoms with Crippen LogP contribution >= 0.6 is 11.3 Å². The van der Waals surface area contributed by atoms with Gasteiger partial charge in [-0.3, -0.25) is 4.79 Å². The SMILES string of the molecule is Cc1noc(C)c1CCC(=O)N1CCC1c1cccs1. The minimum atomic E-state index is 0.231. The van der Waals surface area contributed by atoms with Gasteiger partial charge in [0.05, 0.1) is 11.7 Å². The molecule has 1 amide bonds. The maximum absolute atomic E-state index is 12.3. The molecule has 2 aromatic heterocycles. The van der Waals surface area contributed by atoms with Crippen molar-refractivity contribution in [2.75, 3.05) is 6.54 Å². The fourth-order valence-electron chi connectivity index (χ4n) is 2.70. The van der Waals surface area contributed by atoms with Crippen LogP contribution in [0.5, 0.6) is 0 Å². The summed E-state index contributed by atoms with van der Waals surface area (Å²) in [5.74, 6) is 1.06. The molecular formula is C15H18N2O2S. The molecule has 0 spiro atoms. The third kappa shape index (κ3) is 2.38. The van der Waals surface area contributed by atoms with Gasteiger partial charge >= 0.3 is 0 Å². The first-order valence-electron chi connectivity index (χ1n) is 6.91. The summed E-state index contributed by atoms with van der Waals surface area (Å²) in [5, 5.41) is 6.00. The lowest BCUT2D eigenvalue weighted by Crippen LogP contribution is -2.44. The lowest BCUT2D eigenvalue weighted by molar-refractivity contribution is -0.139. The number of thiophene rings is 1. The van der Waals surface area contributed by atoms with Gasteiger partial charge in [-0.2, -0.15) is 0 Å². The van der Waals surface area contributed by atoms with Gasteiger partial charge in [0.15, 0.2) is 0 Å². The molecule has 0 aromatic carbocycles. The van der Waals surface area contributed by atoms with Crippen molar-refractivity contribution in [2.24, 2.45) is 0 Å². The van der Waals surface area contributed by atoms with E-state index in [1.54, 1.807) is 11.3 Å². The number of rotatable bonds is 4. The van der Waals surface area contributed by atoms with E-state index < -0.39 is 0 Å². The van der Waals surface area contributed by atoms with E-state index in [9.17, 15) is 4.79 Å². The minimum absolute atomic E-state index is 0.231. The first-order valence-corrected chi connectivity index (χ1v) is 7.79. The Morgan fingerprint density at radius 1 is 1.55 bits per heavy atom. The minimum Gasteiger partial charge on any atom is -0.361 e. The Kier molecular flexibility index (Phi) is 3.61. The zero-order valence-electron chi connectivity index (χ0n) is 11.8. The molecule has 1 saturated heterocycles. The standard InChI is InChI=1S/C15H18N2O2S/c1-10-12(11(2)19-16-10)5-6-15(18)17-8-7-13(17)14-4-3-9-20-14/h3-4,9,13H,5-8H2,1-2H3. The van der Waals surface area contributed by atoms with Crippen molar-refractivity contribution < 1.29 is 9.32 Å². The summed E-state index contributed by atoms with van der Waals surface area (Å²) in [6, 6.07) is 4.46. The van der Waals surface area contributed by atoms with Gasteiger partial charge < -0.3 is 9.42 Å². The van der Waals surface area contributed by atoms with Crippen molar-refractivity contribution in [2.45, 2.75) is 39.2 Å². The number of aromatic nitrogens is 1.